The number of carbonyl (C=O) groups is 2. The molecule has 7 heteroatoms. The summed E-state index contributed by atoms with van der Waals surface area (Å²) in [7, 11) is 0. The minimum absolute atomic E-state index is 0.00268. The van der Waals surface area contributed by atoms with Crippen molar-refractivity contribution in [2.45, 2.75) is 45.1 Å². The summed E-state index contributed by atoms with van der Waals surface area (Å²) >= 11 is 1.48. The monoisotopic (exact) mass is 336 g/mol. The highest BCUT2D eigenvalue weighted by molar-refractivity contribution is 7.13. The number of piperidine rings is 1. The van der Waals surface area contributed by atoms with Gasteiger partial charge in [-0.05, 0) is 12.8 Å². The fourth-order valence-electron chi connectivity index (χ4n) is 3.10. The maximum absolute atomic E-state index is 12.8. The Labute approximate surface area is 140 Å². The molecule has 0 saturated carbocycles. The van der Waals surface area contributed by atoms with Crippen molar-refractivity contribution < 1.29 is 9.59 Å². The highest BCUT2D eigenvalue weighted by Gasteiger charge is 2.33. The van der Waals surface area contributed by atoms with Gasteiger partial charge in [-0.3, -0.25) is 4.79 Å². The number of hydrogen-bond donors (Lipinski definition) is 1. The van der Waals surface area contributed by atoms with Gasteiger partial charge in [0.1, 0.15) is 4.88 Å². The normalized spacial score (nSPS) is 22.4. The summed E-state index contributed by atoms with van der Waals surface area (Å²) in [5.41, 5.74) is -0.0404. The van der Waals surface area contributed by atoms with Gasteiger partial charge >= 0.3 is 6.03 Å². The third kappa shape index (κ3) is 3.34. The number of likely N-dealkylation sites (tertiary alicyclic amines) is 1. The zero-order valence-corrected chi connectivity index (χ0v) is 14.8. The highest BCUT2D eigenvalue weighted by atomic mass is 32.1. The summed E-state index contributed by atoms with van der Waals surface area (Å²) in [4.78, 5) is 33.4. The highest BCUT2D eigenvalue weighted by Crippen LogP contribution is 2.28. The van der Waals surface area contributed by atoms with Crippen molar-refractivity contribution >= 4 is 23.3 Å². The molecule has 2 fully saturated rings. The first kappa shape index (κ1) is 16.2. The number of aromatic nitrogens is 1. The van der Waals surface area contributed by atoms with E-state index >= 15 is 0 Å². The lowest BCUT2D eigenvalue weighted by Gasteiger charge is -2.36. The van der Waals surface area contributed by atoms with E-state index in [0.717, 1.165) is 30.9 Å². The Bertz CT molecular complexity index is 607. The minimum atomic E-state index is -0.0404. The zero-order chi connectivity index (χ0) is 16.6. The van der Waals surface area contributed by atoms with Crippen LogP contribution in [0.3, 0.4) is 0 Å². The second kappa shape index (κ2) is 6.11. The van der Waals surface area contributed by atoms with Crippen molar-refractivity contribution in [3.05, 3.63) is 16.1 Å². The quantitative estimate of drug-likeness (QED) is 0.899. The maximum Gasteiger partial charge on any atom is 0.317 e. The van der Waals surface area contributed by atoms with Gasteiger partial charge in [0.15, 0.2) is 0 Å². The summed E-state index contributed by atoms with van der Waals surface area (Å²) < 4.78 is 0. The third-order valence-electron chi connectivity index (χ3n) is 4.37. The Balaban J connectivity index is 1.69. The summed E-state index contributed by atoms with van der Waals surface area (Å²) in [5.74, 6) is 0.0438. The molecule has 126 valence electrons. The van der Waals surface area contributed by atoms with Gasteiger partial charge in [0.25, 0.3) is 5.91 Å². The van der Waals surface area contributed by atoms with Crippen LogP contribution in [-0.4, -0.2) is 58.9 Å². The first-order valence-electron chi connectivity index (χ1n) is 8.16. The number of carbonyl (C=O) groups excluding carboxylic acids is 2. The molecule has 2 saturated heterocycles. The molecule has 0 aromatic carbocycles. The van der Waals surface area contributed by atoms with E-state index in [4.69, 9.17) is 0 Å². The second-order valence-electron chi connectivity index (χ2n) is 7.25. The van der Waals surface area contributed by atoms with Gasteiger partial charge in [-0.25, -0.2) is 9.78 Å². The molecule has 0 radical (unpaired) electrons. The molecule has 1 aromatic heterocycles. The van der Waals surface area contributed by atoms with Crippen molar-refractivity contribution in [2.75, 3.05) is 26.2 Å². The van der Waals surface area contributed by atoms with Crippen LogP contribution in [0.1, 0.15) is 48.3 Å². The Morgan fingerprint density at radius 3 is 2.78 bits per heavy atom. The Hall–Kier alpha value is -1.63. The minimum Gasteiger partial charge on any atom is -0.336 e. The zero-order valence-electron chi connectivity index (χ0n) is 14.0. The van der Waals surface area contributed by atoms with E-state index in [1.54, 1.807) is 6.20 Å². The number of rotatable bonds is 2. The molecule has 2 aliphatic rings. The largest absolute Gasteiger partial charge is 0.336 e. The smallest absolute Gasteiger partial charge is 0.317 e. The van der Waals surface area contributed by atoms with Gasteiger partial charge in [0, 0.05) is 31.6 Å². The number of thiazole rings is 1. The van der Waals surface area contributed by atoms with E-state index in [1.807, 2.05) is 9.80 Å². The van der Waals surface area contributed by atoms with Crippen LogP contribution in [0.2, 0.25) is 0 Å². The molecule has 1 aromatic rings. The van der Waals surface area contributed by atoms with Crippen LogP contribution in [0.25, 0.3) is 0 Å². The SMILES string of the molecule is CC(C)(C)c1ncc(C(=O)N2CCC[C@@H](N3CCNC3=O)C2)s1. The standard InChI is InChI=1S/C16H24N4O2S/c1-16(2,3)14-18-9-12(23-14)13(21)19-7-4-5-11(10-19)20-8-6-17-15(20)22/h9,11H,4-8,10H2,1-3H3,(H,17,22)/t11-/m1/s1. The lowest BCUT2D eigenvalue weighted by Crippen LogP contribution is -2.50. The number of nitrogens with zero attached hydrogens (tertiary/aromatic N) is 3. The van der Waals surface area contributed by atoms with E-state index in [0.29, 0.717) is 18.0 Å². The molecule has 1 N–H and O–H groups in total. The van der Waals surface area contributed by atoms with E-state index < -0.39 is 0 Å². The molecule has 23 heavy (non-hydrogen) atoms. The van der Waals surface area contributed by atoms with Gasteiger partial charge in [-0.15, -0.1) is 11.3 Å². The van der Waals surface area contributed by atoms with Crippen LogP contribution < -0.4 is 5.32 Å². The Kier molecular flexibility index (Phi) is 4.31. The fourth-order valence-corrected chi connectivity index (χ4v) is 4.05. The average molecular weight is 336 g/mol. The van der Waals surface area contributed by atoms with Crippen LogP contribution in [0, 0.1) is 0 Å². The number of urea groups is 1. The van der Waals surface area contributed by atoms with Crippen molar-refractivity contribution in [1.82, 2.24) is 20.1 Å². The molecule has 1 atom stereocenters. The number of amides is 3. The summed E-state index contributed by atoms with van der Waals surface area (Å²) in [5, 5.41) is 3.82. The van der Waals surface area contributed by atoms with Gasteiger partial charge in [0.05, 0.1) is 17.2 Å². The lowest BCUT2D eigenvalue weighted by atomic mass is 9.98. The van der Waals surface area contributed by atoms with E-state index in [1.165, 1.54) is 11.3 Å². The number of nitrogens with one attached hydrogen (secondary N) is 1. The molecular formula is C16H24N4O2S. The first-order valence-corrected chi connectivity index (χ1v) is 8.98. The molecule has 3 rings (SSSR count). The van der Waals surface area contributed by atoms with Crippen LogP contribution in [0.15, 0.2) is 6.20 Å². The molecular weight excluding hydrogens is 312 g/mol. The van der Waals surface area contributed by atoms with Crippen molar-refractivity contribution in [3.63, 3.8) is 0 Å². The van der Waals surface area contributed by atoms with Gasteiger partial charge in [0.2, 0.25) is 0 Å². The van der Waals surface area contributed by atoms with Crippen molar-refractivity contribution in [2.24, 2.45) is 0 Å². The van der Waals surface area contributed by atoms with Crippen LogP contribution >= 0.6 is 11.3 Å². The van der Waals surface area contributed by atoms with Gasteiger partial charge in [-0.1, -0.05) is 20.8 Å². The molecule has 3 amide bonds. The van der Waals surface area contributed by atoms with Gasteiger partial charge < -0.3 is 15.1 Å². The molecule has 3 heterocycles. The topological polar surface area (TPSA) is 65.5 Å². The van der Waals surface area contributed by atoms with Crippen LogP contribution in [-0.2, 0) is 5.41 Å². The first-order chi connectivity index (χ1) is 10.9. The summed E-state index contributed by atoms with van der Waals surface area (Å²) in [6.07, 6.45) is 3.60. The Morgan fingerprint density at radius 2 is 2.17 bits per heavy atom. The van der Waals surface area contributed by atoms with Crippen molar-refractivity contribution in [1.29, 1.82) is 0 Å². The van der Waals surface area contributed by atoms with Crippen molar-refractivity contribution in [3.8, 4) is 0 Å². The Morgan fingerprint density at radius 1 is 1.39 bits per heavy atom. The molecule has 0 aliphatic carbocycles. The third-order valence-corrected chi connectivity index (χ3v) is 5.78. The lowest BCUT2D eigenvalue weighted by molar-refractivity contribution is 0.0639. The summed E-state index contributed by atoms with van der Waals surface area (Å²) in [6.45, 7) is 9.12. The van der Waals surface area contributed by atoms with Crippen LogP contribution in [0.4, 0.5) is 4.79 Å². The molecule has 0 unspecified atom stereocenters. The van der Waals surface area contributed by atoms with E-state index in [2.05, 4.69) is 31.1 Å². The van der Waals surface area contributed by atoms with Gasteiger partial charge in [-0.2, -0.15) is 0 Å². The average Bonchev–Trinajstić information content (AvgIpc) is 3.15. The predicted octanol–water partition coefficient (Wildman–Crippen LogP) is 2.07. The second-order valence-corrected chi connectivity index (χ2v) is 8.28. The fraction of sp³-hybridized carbons (Fsp3) is 0.688. The van der Waals surface area contributed by atoms with E-state index in [9.17, 15) is 9.59 Å². The molecule has 0 bridgehead atoms. The maximum atomic E-state index is 12.8. The van der Waals surface area contributed by atoms with Crippen LogP contribution in [0.5, 0.6) is 0 Å². The molecule has 6 nitrogen and oxygen atoms in total. The summed E-state index contributed by atoms with van der Waals surface area (Å²) in [6, 6.07) is 0.127. The predicted molar refractivity (Wildman–Crippen MR) is 89.8 cm³/mol. The van der Waals surface area contributed by atoms with E-state index in [-0.39, 0.29) is 23.4 Å². The number of hydrogen-bond acceptors (Lipinski definition) is 4. The molecule has 2 aliphatic heterocycles. The molecule has 0 spiro atoms.